The predicted molar refractivity (Wildman–Crippen MR) is 103 cm³/mol. The van der Waals surface area contributed by atoms with E-state index in [0.29, 0.717) is 23.2 Å². The maximum Gasteiger partial charge on any atom is 0.169 e. The number of hydrogen-bond acceptors (Lipinski definition) is 7. The highest BCUT2D eigenvalue weighted by Gasteiger charge is 2.25. The zero-order chi connectivity index (χ0) is 19.6. The summed E-state index contributed by atoms with van der Waals surface area (Å²) in [4.78, 5) is 0. The number of nitrogens with one attached hydrogen (secondary N) is 3. The van der Waals surface area contributed by atoms with Crippen molar-refractivity contribution in [2.24, 2.45) is 5.92 Å². The minimum Gasteiger partial charge on any atom is -0.493 e. The fourth-order valence-electron chi connectivity index (χ4n) is 3.41. The number of benzene rings is 1. The van der Waals surface area contributed by atoms with Gasteiger partial charge in [0.2, 0.25) is 0 Å². The highest BCUT2D eigenvalue weighted by molar-refractivity contribution is 5.43. The van der Waals surface area contributed by atoms with Crippen LogP contribution in [0.1, 0.15) is 18.4 Å². The topological polar surface area (TPSA) is 102 Å². The van der Waals surface area contributed by atoms with Gasteiger partial charge >= 0.3 is 0 Å². The van der Waals surface area contributed by atoms with Gasteiger partial charge in [-0.25, -0.2) is 0 Å². The summed E-state index contributed by atoms with van der Waals surface area (Å²) >= 11 is 0. The van der Waals surface area contributed by atoms with Crippen LogP contribution in [0.2, 0.25) is 0 Å². The molecule has 1 heterocycles. The summed E-state index contributed by atoms with van der Waals surface area (Å²) in [6, 6.07) is 9.85. The Kier molecular flexibility index (Phi) is 7.79. The molecule has 1 aromatic carbocycles. The van der Waals surface area contributed by atoms with E-state index >= 15 is 0 Å². The summed E-state index contributed by atoms with van der Waals surface area (Å²) in [5, 5.41) is 28.2. The summed E-state index contributed by atoms with van der Waals surface area (Å²) < 4.78 is 10.7. The SMILES string of the molecule is CNC(NC(Cc1ccc(OC)c(OC)c1)C1CCCNC1)=C(C#N)C#N. The van der Waals surface area contributed by atoms with Crippen molar-refractivity contribution in [1.82, 2.24) is 16.0 Å². The fourth-order valence-corrected chi connectivity index (χ4v) is 3.41. The Labute approximate surface area is 161 Å². The molecule has 0 aliphatic carbocycles. The summed E-state index contributed by atoms with van der Waals surface area (Å²) in [5.41, 5.74) is 1.15. The average Bonchev–Trinajstić information content (AvgIpc) is 2.73. The molecule has 1 aromatic rings. The van der Waals surface area contributed by atoms with Gasteiger partial charge in [0.05, 0.1) is 14.2 Å². The molecule has 0 spiro atoms. The summed E-state index contributed by atoms with van der Waals surface area (Å²) in [6.45, 7) is 1.92. The van der Waals surface area contributed by atoms with Crippen LogP contribution in [0.4, 0.5) is 0 Å². The minimum absolute atomic E-state index is 0.0542. The van der Waals surface area contributed by atoms with E-state index in [4.69, 9.17) is 9.47 Å². The lowest BCUT2D eigenvalue weighted by Gasteiger charge is -2.33. The molecule has 0 aromatic heterocycles. The second-order valence-corrected chi connectivity index (χ2v) is 6.47. The van der Waals surface area contributed by atoms with E-state index in [9.17, 15) is 10.5 Å². The molecule has 0 saturated carbocycles. The molecule has 2 rings (SSSR count). The van der Waals surface area contributed by atoms with Crippen LogP contribution in [0, 0.1) is 28.6 Å². The van der Waals surface area contributed by atoms with Crippen LogP contribution in [-0.2, 0) is 6.42 Å². The normalized spacial score (nSPS) is 17.0. The first-order chi connectivity index (χ1) is 13.2. The van der Waals surface area contributed by atoms with Crippen LogP contribution in [0.15, 0.2) is 29.6 Å². The molecular weight excluding hydrogens is 342 g/mol. The molecule has 7 nitrogen and oxygen atoms in total. The molecule has 1 aliphatic rings. The zero-order valence-corrected chi connectivity index (χ0v) is 16.1. The summed E-state index contributed by atoms with van der Waals surface area (Å²) in [7, 11) is 4.95. The maximum atomic E-state index is 9.21. The van der Waals surface area contributed by atoms with Gasteiger partial charge in [0.1, 0.15) is 18.0 Å². The van der Waals surface area contributed by atoms with Crippen molar-refractivity contribution < 1.29 is 9.47 Å². The first-order valence-corrected chi connectivity index (χ1v) is 9.07. The van der Waals surface area contributed by atoms with Crippen LogP contribution >= 0.6 is 0 Å². The second-order valence-electron chi connectivity index (χ2n) is 6.47. The zero-order valence-electron chi connectivity index (χ0n) is 16.1. The van der Waals surface area contributed by atoms with Crippen LogP contribution in [0.25, 0.3) is 0 Å². The van der Waals surface area contributed by atoms with Crippen LogP contribution in [0.5, 0.6) is 11.5 Å². The van der Waals surface area contributed by atoms with Crippen molar-refractivity contribution in [1.29, 1.82) is 10.5 Å². The Morgan fingerprint density at radius 2 is 2.00 bits per heavy atom. The molecule has 2 unspecified atom stereocenters. The first kappa shape index (κ1) is 20.4. The number of rotatable bonds is 8. The lowest BCUT2D eigenvalue weighted by molar-refractivity contribution is 0.291. The molecule has 0 bridgehead atoms. The van der Waals surface area contributed by atoms with Gasteiger partial charge in [0.15, 0.2) is 17.1 Å². The number of ether oxygens (including phenoxy) is 2. The van der Waals surface area contributed by atoms with E-state index in [-0.39, 0.29) is 11.6 Å². The van der Waals surface area contributed by atoms with Crippen LogP contribution < -0.4 is 25.4 Å². The van der Waals surface area contributed by atoms with Gasteiger partial charge in [-0.15, -0.1) is 0 Å². The number of methoxy groups -OCH3 is 2. The lowest BCUT2D eigenvalue weighted by atomic mass is 9.87. The van der Waals surface area contributed by atoms with Gasteiger partial charge in [-0.3, -0.25) is 0 Å². The standard InChI is InChI=1S/C20H27N5O2/c1-23-20(16(11-21)12-22)25-17(15-5-4-8-24-13-15)9-14-6-7-18(26-2)19(10-14)27-3/h6-7,10,15,17,23-25H,4-5,8-9,13H2,1-3H3. The maximum absolute atomic E-state index is 9.21. The quantitative estimate of drug-likeness (QED) is 0.599. The molecule has 7 heteroatoms. The van der Waals surface area contributed by atoms with Gasteiger partial charge in [0.25, 0.3) is 0 Å². The largest absolute Gasteiger partial charge is 0.493 e. The molecule has 0 amide bonds. The third kappa shape index (κ3) is 5.29. The average molecular weight is 369 g/mol. The number of nitriles is 2. The van der Waals surface area contributed by atoms with E-state index in [1.165, 1.54) is 0 Å². The van der Waals surface area contributed by atoms with Crippen molar-refractivity contribution in [3.63, 3.8) is 0 Å². The highest BCUT2D eigenvalue weighted by atomic mass is 16.5. The fraction of sp³-hybridized carbons (Fsp3) is 0.500. The lowest BCUT2D eigenvalue weighted by Crippen LogP contribution is -2.46. The second kappa shape index (κ2) is 10.3. The van der Waals surface area contributed by atoms with Gasteiger partial charge in [-0.2, -0.15) is 10.5 Å². The van der Waals surface area contributed by atoms with Gasteiger partial charge in [-0.1, -0.05) is 6.07 Å². The van der Waals surface area contributed by atoms with Gasteiger partial charge in [0, 0.05) is 13.1 Å². The summed E-state index contributed by atoms with van der Waals surface area (Å²) in [5.74, 6) is 2.23. The van der Waals surface area contributed by atoms with E-state index in [0.717, 1.165) is 37.9 Å². The Morgan fingerprint density at radius 3 is 2.56 bits per heavy atom. The van der Waals surface area contributed by atoms with Crippen molar-refractivity contribution in [2.45, 2.75) is 25.3 Å². The Balaban J connectivity index is 2.29. The van der Waals surface area contributed by atoms with Gasteiger partial charge < -0.3 is 25.4 Å². The van der Waals surface area contributed by atoms with Crippen molar-refractivity contribution in [2.75, 3.05) is 34.4 Å². The minimum atomic E-state index is 0.0542. The molecule has 1 aliphatic heterocycles. The van der Waals surface area contributed by atoms with E-state index < -0.39 is 0 Å². The number of hydrogen-bond donors (Lipinski definition) is 3. The Morgan fingerprint density at radius 1 is 1.26 bits per heavy atom. The molecule has 27 heavy (non-hydrogen) atoms. The number of allylic oxidation sites excluding steroid dienone is 1. The molecule has 3 N–H and O–H groups in total. The third-order valence-electron chi connectivity index (χ3n) is 4.86. The number of nitrogens with zero attached hydrogens (tertiary/aromatic N) is 2. The molecule has 0 radical (unpaired) electrons. The molecule has 1 saturated heterocycles. The van der Waals surface area contributed by atoms with Crippen molar-refractivity contribution >= 4 is 0 Å². The molecular formula is C20H27N5O2. The number of piperidine rings is 1. The third-order valence-corrected chi connectivity index (χ3v) is 4.86. The van der Waals surface area contributed by atoms with Gasteiger partial charge in [-0.05, 0) is 56.0 Å². The van der Waals surface area contributed by atoms with Crippen molar-refractivity contribution in [3.05, 3.63) is 35.2 Å². The monoisotopic (exact) mass is 369 g/mol. The van der Waals surface area contributed by atoms with Crippen molar-refractivity contribution in [3.8, 4) is 23.6 Å². The molecule has 1 fully saturated rings. The van der Waals surface area contributed by atoms with E-state index in [1.807, 2.05) is 30.3 Å². The smallest absolute Gasteiger partial charge is 0.169 e. The highest BCUT2D eigenvalue weighted by Crippen LogP contribution is 2.29. The molecule has 2 atom stereocenters. The molecule has 144 valence electrons. The predicted octanol–water partition coefficient (Wildman–Crippen LogP) is 1.68. The summed E-state index contributed by atoms with van der Waals surface area (Å²) in [6.07, 6.45) is 2.93. The Bertz CT molecular complexity index is 726. The van der Waals surface area contributed by atoms with E-state index in [2.05, 4.69) is 16.0 Å². The Hall–Kier alpha value is -2.90. The van der Waals surface area contributed by atoms with Crippen LogP contribution in [0.3, 0.4) is 0 Å². The van der Waals surface area contributed by atoms with Crippen LogP contribution in [-0.4, -0.2) is 40.4 Å². The first-order valence-electron chi connectivity index (χ1n) is 9.07. The van der Waals surface area contributed by atoms with E-state index in [1.54, 1.807) is 21.3 Å².